The minimum Gasteiger partial charge on any atom is -0.318 e. The molecule has 5 nitrogen and oxygen atoms in total. The van der Waals surface area contributed by atoms with Crippen LogP contribution in [0.3, 0.4) is 0 Å². The fraction of sp³-hybridized carbons (Fsp3) is 0.368. The zero-order valence-corrected chi connectivity index (χ0v) is 15.3. The molecule has 25 heavy (non-hydrogen) atoms. The van der Waals surface area contributed by atoms with Crippen LogP contribution in [-0.4, -0.2) is 20.0 Å². The Bertz CT molecular complexity index is 943. The van der Waals surface area contributed by atoms with Crippen molar-refractivity contribution in [2.75, 3.05) is 0 Å². The number of fused-ring (bicyclic) bond motifs is 1. The van der Waals surface area contributed by atoms with Gasteiger partial charge in [-0.2, -0.15) is 0 Å². The minimum absolute atomic E-state index is 0.0458. The number of hydrogen-bond donors (Lipinski definition) is 1. The lowest BCUT2D eigenvalue weighted by molar-refractivity contribution is 0.656. The molecule has 1 fully saturated rings. The summed E-state index contributed by atoms with van der Waals surface area (Å²) in [7, 11) is 1.79. The molecule has 1 aliphatic rings. The molecule has 0 bridgehead atoms. The van der Waals surface area contributed by atoms with Gasteiger partial charge in [0.05, 0.1) is 6.20 Å². The van der Waals surface area contributed by atoms with Crippen LogP contribution in [0, 0.1) is 6.92 Å². The summed E-state index contributed by atoms with van der Waals surface area (Å²) in [6.45, 7) is 1.86. The Morgan fingerprint density at radius 2 is 2.00 bits per heavy atom. The third-order valence-corrected chi connectivity index (χ3v) is 5.82. The van der Waals surface area contributed by atoms with Crippen LogP contribution < -0.4 is 10.3 Å². The van der Waals surface area contributed by atoms with Crippen LogP contribution in [0.15, 0.2) is 46.6 Å². The van der Waals surface area contributed by atoms with Gasteiger partial charge < -0.3 is 4.57 Å². The number of aryl methyl sites for hydroxylation is 2. The predicted molar refractivity (Wildman–Crippen MR) is 102 cm³/mol. The van der Waals surface area contributed by atoms with Crippen LogP contribution in [0.5, 0.6) is 0 Å². The van der Waals surface area contributed by atoms with Gasteiger partial charge in [0.1, 0.15) is 10.7 Å². The smallest absolute Gasteiger partial charge is 0.253 e. The second-order valence-corrected chi connectivity index (χ2v) is 7.63. The van der Waals surface area contributed by atoms with Gasteiger partial charge in [-0.25, -0.2) is 4.98 Å². The number of imidazole rings is 1. The third kappa shape index (κ3) is 3.24. The van der Waals surface area contributed by atoms with E-state index in [2.05, 4.69) is 26.4 Å². The van der Waals surface area contributed by atoms with Gasteiger partial charge in [-0.3, -0.25) is 13.9 Å². The van der Waals surface area contributed by atoms with Gasteiger partial charge in [0.15, 0.2) is 0 Å². The van der Waals surface area contributed by atoms with Crippen molar-refractivity contribution >= 4 is 17.6 Å². The van der Waals surface area contributed by atoms with Crippen molar-refractivity contribution in [1.29, 1.82) is 0 Å². The third-order valence-electron chi connectivity index (χ3n) is 4.85. The van der Waals surface area contributed by atoms with E-state index in [4.69, 9.17) is 0 Å². The van der Waals surface area contributed by atoms with Crippen molar-refractivity contribution in [2.24, 2.45) is 7.05 Å². The van der Waals surface area contributed by atoms with Crippen LogP contribution in [-0.2, 0) is 7.05 Å². The largest absolute Gasteiger partial charge is 0.318 e. The van der Waals surface area contributed by atoms with E-state index in [9.17, 15) is 4.79 Å². The molecule has 1 N–H and O–H groups in total. The predicted octanol–water partition coefficient (Wildman–Crippen LogP) is 3.55. The highest BCUT2D eigenvalue weighted by atomic mass is 32.2. The van der Waals surface area contributed by atoms with E-state index in [-0.39, 0.29) is 5.56 Å². The average Bonchev–Trinajstić information content (AvgIpc) is 3.26. The zero-order valence-electron chi connectivity index (χ0n) is 14.5. The molecule has 0 atom stereocenters. The maximum atomic E-state index is 11.9. The summed E-state index contributed by atoms with van der Waals surface area (Å²) in [6.07, 6.45) is 11.1. The number of nitrogens with one attached hydrogen (secondary N) is 1. The Morgan fingerprint density at radius 1 is 1.20 bits per heavy atom. The van der Waals surface area contributed by atoms with Gasteiger partial charge in [-0.15, -0.1) is 0 Å². The molecule has 0 unspecified atom stereocenters. The summed E-state index contributed by atoms with van der Waals surface area (Å²) in [5, 5.41) is 1.09. The summed E-state index contributed by atoms with van der Waals surface area (Å²) >= 11 is 1.66. The van der Waals surface area contributed by atoms with Crippen molar-refractivity contribution in [3.63, 3.8) is 0 Å². The lowest BCUT2D eigenvalue weighted by Gasteiger charge is -2.11. The van der Waals surface area contributed by atoms with E-state index < -0.39 is 0 Å². The van der Waals surface area contributed by atoms with Gasteiger partial charge in [0.25, 0.3) is 5.56 Å². The molecule has 3 aromatic heterocycles. The van der Waals surface area contributed by atoms with Crippen LogP contribution >= 0.6 is 11.9 Å². The number of nitrogens with zero attached hydrogens (tertiary/aromatic N) is 3. The summed E-state index contributed by atoms with van der Waals surface area (Å²) < 4.78 is 7.32. The average molecular weight is 354 g/mol. The molecule has 1 saturated carbocycles. The maximum Gasteiger partial charge on any atom is 0.253 e. The summed E-state index contributed by atoms with van der Waals surface area (Å²) in [4.78, 5) is 16.4. The van der Waals surface area contributed by atoms with Gasteiger partial charge in [-0.05, 0) is 61.0 Å². The number of pyridine rings is 2. The van der Waals surface area contributed by atoms with Crippen molar-refractivity contribution < 1.29 is 0 Å². The van der Waals surface area contributed by atoms with Gasteiger partial charge in [0, 0.05) is 31.0 Å². The van der Waals surface area contributed by atoms with Crippen molar-refractivity contribution in [3.8, 4) is 11.1 Å². The highest BCUT2D eigenvalue weighted by molar-refractivity contribution is 7.97. The fourth-order valence-corrected chi connectivity index (χ4v) is 4.30. The molecule has 0 saturated heterocycles. The lowest BCUT2D eigenvalue weighted by Crippen LogP contribution is -2.18. The number of hydrogen-bond acceptors (Lipinski definition) is 4. The molecular weight excluding hydrogens is 332 g/mol. The lowest BCUT2D eigenvalue weighted by atomic mass is 10.1. The maximum absolute atomic E-state index is 11.9. The van der Waals surface area contributed by atoms with E-state index in [1.165, 1.54) is 25.7 Å². The summed E-state index contributed by atoms with van der Waals surface area (Å²) in [5.74, 6) is 0. The molecule has 3 heterocycles. The van der Waals surface area contributed by atoms with Gasteiger partial charge >= 0.3 is 0 Å². The topological polar surface area (TPSA) is 51.3 Å². The molecule has 0 amide bonds. The first-order valence-corrected chi connectivity index (χ1v) is 9.50. The first kappa shape index (κ1) is 16.4. The van der Waals surface area contributed by atoms with E-state index in [0.717, 1.165) is 27.4 Å². The quantitative estimate of drug-likeness (QED) is 0.728. The van der Waals surface area contributed by atoms with Crippen LogP contribution in [0.25, 0.3) is 16.8 Å². The van der Waals surface area contributed by atoms with Gasteiger partial charge in [-0.1, -0.05) is 12.8 Å². The molecule has 130 valence electrons. The first-order valence-electron chi connectivity index (χ1n) is 8.69. The van der Waals surface area contributed by atoms with E-state index in [1.54, 1.807) is 23.6 Å². The Kier molecular flexibility index (Phi) is 4.39. The van der Waals surface area contributed by atoms with Crippen molar-refractivity contribution in [3.05, 3.63) is 52.7 Å². The summed E-state index contributed by atoms with van der Waals surface area (Å²) in [5.41, 5.74) is 3.84. The Hall–Kier alpha value is -2.05. The number of aromatic nitrogens is 3. The fourth-order valence-electron chi connectivity index (χ4n) is 3.43. The van der Waals surface area contributed by atoms with Crippen LogP contribution in [0.1, 0.15) is 31.2 Å². The van der Waals surface area contributed by atoms with Crippen molar-refractivity contribution in [1.82, 2.24) is 18.7 Å². The highest BCUT2D eigenvalue weighted by Crippen LogP contribution is 2.26. The van der Waals surface area contributed by atoms with E-state index >= 15 is 0 Å². The minimum atomic E-state index is 0.0458. The molecule has 0 radical (unpaired) electrons. The first-order chi connectivity index (χ1) is 12.1. The molecule has 6 heteroatoms. The van der Waals surface area contributed by atoms with Crippen molar-refractivity contribution in [2.45, 2.75) is 43.7 Å². The molecular formula is C19H22N4OS. The Labute approximate surface area is 151 Å². The molecule has 1 aliphatic carbocycles. The molecule has 0 aromatic carbocycles. The SMILES string of the molecule is Cc1cc(-c2ccc3ncc(SNC4CCCC4)n3c2)cn(C)c1=O. The monoisotopic (exact) mass is 354 g/mol. The molecule has 3 aromatic rings. The standard InChI is InChI=1S/C19H22N4OS/c1-13-9-15(11-22(2)19(13)24)14-7-8-17-20-10-18(23(17)12-14)25-21-16-5-3-4-6-16/h7-12,16,21H,3-6H2,1-2H3. The normalized spacial score (nSPS) is 15.3. The Morgan fingerprint density at radius 3 is 2.76 bits per heavy atom. The van der Waals surface area contributed by atoms with E-state index in [0.29, 0.717) is 6.04 Å². The van der Waals surface area contributed by atoms with E-state index in [1.807, 2.05) is 31.5 Å². The Balaban J connectivity index is 1.67. The van der Waals surface area contributed by atoms with Crippen LogP contribution in [0.2, 0.25) is 0 Å². The van der Waals surface area contributed by atoms with Crippen LogP contribution in [0.4, 0.5) is 0 Å². The second-order valence-electron chi connectivity index (χ2n) is 6.77. The highest BCUT2D eigenvalue weighted by Gasteiger charge is 2.15. The number of rotatable bonds is 4. The zero-order chi connectivity index (χ0) is 17.4. The molecule has 4 rings (SSSR count). The molecule has 0 aliphatic heterocycles. The summed E-state index contributed by atoms with van der Waals surface area (Å²) in [6, 6.07) is 6.63. The second kappa shape index (κ2) is 6.69. The molecule has 0 spiro atoms. The van der Waals surface area contributed by atoms with Gasteiger partial charge in [0.2, 0.25) is 0 Å².